The number of allylic oxidation sites excluding steroid dienone is 2. The van der Waals surface area contributed by atoms with Crippen molar-refractivity contribution in [2.45, 2.75) is 70.9 Å². The van der Waals surface area contributed by atoms with E-state index in [9.17, 15) is 28.7 Å². The molecule has 6 atom stereocenters. The first kappa shape index (κ1) is 36.1. The molecule has 1 aromatic heterocycles. The van der Waals surface area contributed by atoms with Crippen molar-refractivity contribution in [2.75, 3.05) is 25.0 Å². The minimum Gasteiger partial charge on any atom is -0.460 e. The predicted molar refractivity (Wildman–Crippen MR) is 174 cm³/mol. The summed E-state index contributed by atoms with van der Waals surface area (Å²) in [4.78, 5) is 57.6. The first-order chi connectivity index (χ1) is 23.0. The van der Waals surface area contributed by atoms with E-state index in [2.05, 4.69) is 15.6 Å². The first-order valence-electron chi connectivity index (χ1n) is 16.1. The van der Waals surface area contributed by atoms with Gasteiger partial charge in [-0.25, -0.2) is 19.0 Å². The SMILES string of the molecule is CC1=C[C@@H](O)C[C@@H](F)Cc2nc(co2)C(=O)N2CCC[C@@H]2C(=O)O[C@H]([C@H](C)COC(=O)Nc2ccccc2)[C@H](C)/C=C/C(=O)NCC=C1. The molecule has 0 saturated carbocycles. The summed E-state index contributed by atoms with van der Waals surface area (Å²) in [6, 6.07) is 7.88. The second kappa shape index (κ2) is 17.4. The number of aromatic nitrogens is 1. The zero-order valence-electron chi connectivity index (χ0n) is 27.3. The number of ether oxygens (including phenoxy) is 2. The van der Waals surface area contributed by atoms with Gasteiger partial charge in [0, 0.05) is 37.0 Å². The summed E-state index contributed by atoms with van der Waals surface area (Å²) in [6.45, 7) is 5.65. The van der Waals surface area contributed by atoms with E-state index >= 15 is 0 Å². The van der Waals surface area contributed by atoms with E-state index in [1.165, 1.54) is 17.1 Å². The molecule has 48 heavy (non-hydrogen) atoms. The van der Waals surface area contributed by atoms with Crippen LogP contribution in [0.2, 0.25) is 0 Å². The standard InChI is InChI=1S/C35H43FN4O8/c1-22-9-7-15-37-30(42)14-13-23(2)32(24(3)20-47-35(45)38-26-10-5-4-6-11-26)48-34(44)29-12-8-16-40(29)33(43)28-21-46-31(39-28)19-25(36)18-27(41)17-22/h4-7,9-11,13-14,17,21,23-25,27,29,32,41H,8,12,15-16,18-20H2,1-3H3,(H,37,42)(H,38,45)/b9-7?,14-13+,22-17?/t23-,24-,25-,27-,29-,32+/m1/s1. The van der Waals surface area contributed by atoms with Crippen molar-refractivity contribution >= 4 is 29.6 Å². The van der Waals surface area contributed by atoms with Crippen LogP contribution in [0.5, 0.6) is 0 Å². The third-order valence-electron chi connectivity index (χ3n) is 8.06. The highest BCUT2D eigenvalue weighted by Crippen LogP contribution is 2.26. The van der Waals surface area contributed by atoms with Crippen LogP contribution in [-0.2, 0) is 25.5 Å². The number of nitrogens with one attached hydrogen (secondary N) is 2. The molecule has 0 spiro atoms. The van der Waals surface area contributed by atoms with Gasteiger partial charge in [-0.1, -0.05) is 61.9 Å². The number of nitrogens with zero attached hydrogens (tertiary/aromatic N) is 2. The number of aliphatic hydroxyl groups excluding tert-OH is 1. The van der Waals surface area contributed by atoms with Crippen molar-refractivity contribution in [3.8, 4) is 0 Å². The summed E-state index contributed by atoms with van der Waals surface area (Å²) in [6.07, 6.45) is 5.34. The number of carbonyl (C=O) groups is 4. The topological polar surface area (TPSA) is 160 Å². The number of carbonyl (C=O) groups excluding carboxylic acids is 4. The number of rotatable bonds is 4. The second-order valence-corrected chi connectivity index (χ2v) is 12.1. The predicted octanol–water partition coefficient (Wildman–Crippen LogP) is 4.53. The van der Waals surface area contributed by atoms with Gasteiger partial charge in [0.25, 0.3) is 5.91 Å². The Morgan fingerprint density at radius 3 is 2.77 bits per heavy atom. The Balaban J connectivity index is 1.54. The Morgan fingerprint density at radius 2 is 2.00 bits per heavy atom. The number of hydrogen-bond donors (Lipinski definition) is 3. The van der Waals surface area contributed by atoms with E-state index < -0.39 is 54.2 Å². The monoisotopic (exact) mass is 666 g/mol. The normalized spacial score (nSPS) is 26.0. The number of aliphatic hydroxyl groups is 1. The largest absolute Gasteiger partial charge is 0.460 e. The van der Waals surface area contributed by atoms with Gasteiger partial charge in [0.1, 0.15) is 24.6 Å². The van der Waals surface area contributed by atoms with Crippen molar-refractivity contribution in [1.82, 2.24) is 15.2 Å². The van der Waals surface area contributed by atoms with Gasteiger partial charge in [-0.05, 0) is 38.0 Å². The Bertz CT molecular complexity index is 1510. The van der Waals surface area contributed by atoms with Crippen LogP contribution in [0.25, 0.3) is 0 Å². The summed E-state index contributed by atoms with van der Waals surface area (Å²) in [7, 11) is 0. The van der Waals surface area contributed by atoms with Crippen LogP contribution in [0, 0.1) is 11.8 Å². The molecular formula is C35H43FN4O8. The van der Waals surface area contributed by atoms with Gasteiger partial charge in [0.05, 0.1) is 19.1 Å². The van der Waals surface area contributed by atoms with Gasteiger partial charge in [-0.15, -0.1) is 0 Å². The number of alkyl halides is 1. The fraction of sp³-hybridized carbons (Fsp3) is 0.457. The molecule has 3 heterocycles. The number of fused-ring (bicyclic) bond motifs is 3. The highest BCUT2D eigenvalue weighted by atomic mass is 19.1. The highest BCUT2D eigenvalue weighted by molar-refractivity contribution is 5.95. The molecule has 1 fully saturated rings. The maximum Gasteiger partial charge on any atom is 0.411 e. The number of cyclic esters (lactones) is 1. The molecular weight excluding hydrogens is 623 g/mol. The molecule has 0 unspecified atom stereocenters. The van der Waals surface area contributed by atoms with E-state index in [0.717, 1.165) is 6.26 Å². The zero-order valence-corrected chi connectivity index (χ0v) is 27.3. The molecule has 1 aromatic carbocycles. The summed E-state index contributed by atoms with van der Waals surface area (Å²) in [5.41, 5.74) is 1.16. The Labute approximate surface area is 279 Å². The lowest BCUT2D eigenvalue weighted by atomic mass is 9.93. The van der Waals surface area contributed by atoms with Gasteiger partial charge in [0.15, 0.2) is 11.6 Å². The Hall–Kier alpha value is -4.78. The van der Waals surface area contributed by atoms with E-state index in [1.807, 2.05) is 6.07 Å². The van der Waals surface area contributed by atoms with Crippen LogP contribution in [0.3, 0.4) is 0 Å². The van der Waals surface area contributed by atoms with Crippen molar-refractivity contribution in [2.24, 2.45) is 11.8 Å². The molecule has 12 nitrogen and oxygen atoms in total. The number of esters is 1. The van der Waals surface area contributed by atoms with E-state index in [4.69, 9.17) is 13.9 Å². The van der Waals surface area contributed by atoms with Gasteiger partial charge >= 0.3 is 12.1 Å². The zero-order chi connectivity index (χ0) is 34.6. The molecule has 0 radical (unpaired) electrons. The number of amides is 3. The summed E-state index contributed by atoms with van der Waals surface area (Å²) >= 11 is 0. The number of benzene rings is 1. The van der Waals surface area contributed by atoms with Crippen LogP contribution in [0.1, 0.15) is 56.4 Å². The molecule has 258 valence electrons. The molecule has 2 aromatic rings. The lowest BCUT2D eigenvalue weighted by Crippen LogP contribution is -2.44. The van der Waals surface area contributed by atoms with Gasteiger partial charge in [-0.3, -0.25) is 14.9 Å². The maximum atomic E-state index is 14.8. The lowest BCUT2D eigenvalue weighted by Gasteiger charge is -2.30. The third-order valence-corrected chi connectivity index (χ3v) is 8.06. The van der Waals surface area contributed by atoms with E-state index in [1.54, 1.807) is 63.3 Å². The molecule has 1 saturated heterocycles. The van der Waals surface area contributed by atoms with Crippen molar-refractivity contribution < 1.29 is 42.6 Å². The van der Waals surface area contributed by atoms with Crippen LogP contribution in [0.4, 0.5) is 14.9 Å². The third kappa shape index (κ3) is 10.6. The summed E-state index contributed by atoms with van der Waals surface area (Å²) < 4.78 is 31.6. The fourth-order valence-electron chi connectivity index (χ4n) is 5.61. The number of halogens is 1. The van der Waals surface area contributed by atoms with Gasteiger partial charge in [-0.2, -0.15) is 0 Å². The van der Waals surface area contributed by atoms with Crippen molar-refractivity contribution in [1.29, 1.82) is 0 Å². The minimum atomic E-state index is -1.49. The molecule has 2 aliphatic rings. The molecule has 3 amide bonds. The van der Waals surface area contributed by atoms with Crippen LogP contribution in [-0.4, -0.2) is 83.0 Å². The lowest BCUT2D eigenvalue weighted by molar-refractivity contribution is -0.159. The highest BCUT2D eigenvalue weighted by Gasteiger charge is 2.39. The maximum absolute atomic E-state index is 14.8. The van der Waals surface area contributed by atoms with Crippen molar-refractivity contribution in [3.05, 3.63) is 84.1 Å². The molecule has 2 aliphatic heterocycles. The number of oxazole rings is 1. The average Bonchev–Trinajstić information content (AvgIpc) is 3.73. The number of para-hydroxylation sites is 1. The second-order valence-electron chi connectivity index (χ2n) is 12.1. The molecule has 13 heteroatoms. The van der Waals surface area contributed by atoms with Gasteiger partial charge in [0.2, 0.25) is 5.91 Å². The summed E-state index contributed by atoms with van der Waals surface area (Å²) in [5, 5.41) is 15.7. The van der Waals surface area contributed by atoms with E-state index in [0.29, 0.717) is 24.1 Å². The number of anilines is 1. The smallest absolute Gasteiger partial charge is 0.411 e. The molecule has 2 bridgehead atoms. The van der Waals surface area contributed by atoms with Crippen LogP contribution in [0.15, 0.2) is 77.0 Å². The van der Waals surface area contributed by atoms with Crippen molar-refractivity contribution in [3.63, 3.8) is 0 Å². The Kier molecular flexibility index (Phi) is 13.1. The quantitative estimate of drug-likeness (QED) is 0.399. The molecule has 3 N–H and O–H groups in total. The van der Waals surface area contributed by atoms with Crippen LogP contribution < -0.4 is 10.6 Å². The van der Waals surface area contributed by atoms with Crippen LogP contribution >= 0.6 is 0 Å². The van der Waals surface area contributed by atoms with E-state index in [-0.39, 0.29) is 50.0 Å². The first-order valence-corrected chi connectivity index (χ1v) is 16.1. The van der Waals surface area contributed by atoms with Gasteiger partial charge < -0.3 is 29.2 Å². The minimum absolute atomic E-state index is 0.00286. The molecule has 0 aliphatic carbocycles. The average molecular weight is 667 g/mol. The number of hydrogen-bond acceptors (Lipinski definition) is 9. The molecule has 4 rings (SSSR count). The Morgan fingerprint density at radius 1 is 1.23 bits per heavy atom. The summed E-state index contributed by atoms with van der Waals surface area (Å²) in [5.74, 6) is -2.59. The fourth-order valence-corrected chi connectivity index (χ4v) is 5.61.